The van der Waals surface area contributed by atoms with Crippen LogP contribution >= 0.6 is 0 Å². The second-order valence-electron chi connectivity index (χ2n) is 5.89. The number of aliphatic hydroxyl groups is 1. The molecule has 0 saturated carbocycles. The number of aliphatic hydroxyl groups excluding tert-OH is 1. The lowest BCUT2D eigenvalue weighted by molar-refractivity contribution is -0.122. The van der Waals surface area contributed by atoms with Crippen LogP contribution in [-0.4, -0.2) is 91.7 Å². The Hall–Kier alpha value is -2.36. The van der Waals surface area contributed by atoms with Gasteiger partial charge in [-0.1, -0.05) is 0 Å². The Bertz CT molecular complexity index is 611. The molecule has 9 heteroatoms. The maximum atomic E-state index is 12.9. The van der Waals surface area contributed by atoms with Gasteiger partial charge in [0.15, 0.2) is 11.5 Å². The summed E-state index contributed by atoms with van der Waals surface area (Å²) in [6.07, 6.45) is 0. The first-order valence-electron chi connectivity index (χ1n) is 8.26. The molecule has 1 aromatic rings. The zero-order chi connectivity index (χ0) is 18.9. The first-order valence-corrected chi connectivity index (χ1v) is 8.26. The Morgan fingerprint density at radius 2 is 2.12 bits per heavy atom. The smallest absolute Gasteiger partial charge is 0.290 e. The van der Waals surface area contributed by atoms with Crippen molar-refractivity contribution in [1.29, 1.82) is 0 Å². The molecule has 3 rings (SSSR count). The molecule has 0 aliphatic carbocycles. The number of carbonyl (C=O) groups excluding carboxylic acids is 1. The van der Waals surface area contributed by atoms with Gasteiger partial charge in [-0.05, 0) is 25.2 Å². The lowest BCUT2D eigenvalue weighted by Crippen LogP contribution is -2.53. The summed E-state index contributed by atoms with van der Waals surface area (Å²) < 4.78 is 16.2. The molecule has 1 saturated heterocycles. The Labute approximate surface area is 151 Å². The van der Waals surface area contributed by atoms with E-state index in [0.29, 0.717) is 49.9 Å². The standard InChI is InChI=1S/C16H22N2O5.CH2O2/c1-17(4-6-19)9-13-10-21-7-5-18(13)16(20)12-2-3-14-15(8-12)23-11-22-14;2-1-3/h2-3,8,13,19H,4-7,9-11H2,1H3;1H,(H,2,3). The van der Waals surface area contributed by atoms with Gasteiger partial charge in [0, 0.05) is 25.2 Å². The molecule has 1 aromatic carbocycles. The molecule has 0 bridgehead atoms. The number of carbonyl (C=O) groups is 2. The Morgan fingerprint density at radius 1 is 1.38 bits per heavy atom. The van der Waals surface area contributed by atoms with E-state index in [2.05, 4.69) is 0 Å². The average Bonchev–Trinajstić information content (AvgIpc) is 3.10. The monoisotopic (exact) mass is 368 g/mol. The number of hydrogen-bond acceptors (Lipinski definition) is 7. The summed E-state index contributed by atoms with van der Waals surface area (Å²) in [5, 5.41) is 15.9. The molecule has 2 aliphatic heterocycles. The molecule has 0 aromatic heterocycles. The van der Waals surface area contributed by atoms with Gasteiger partial charge >= 0.3 is 0 Å². The highest BCUT2D eigenvalue weighted by Crippen LogP contribution is 2.33. The summed E-state index contributed by atoms with van der Waals surface area (Å²) in [5.74, 6) is 1.25. The Kier molecular flexibility index (Phi) is 7.64. The van der Waals surface area contributed by atoms with Gasteiger partial charge in [-0.25, -0.2) is 0 Å². The summed E-state index contributed by atoms with van der Waals surface area (Å²) in [4.78, 5) is 25.1. The quantitative estimate of drug-likeness (QED) is 0.693. The van der Waals surface area contributed by atoms with E-state index in [0.717, 1.165) is 0 Å². The van der Waals surface area contributed by atoms with Crippen LogP contribution in [0.3, 0.4) is 0 Å². The number of fused-ring (bicyclic) bond motifs is 1. The molecule has 0 radical (unpaired) electrons. The van der Waals surface area contributed by atoms with Crippen LogP contribution in [0.5, 0.6) is 11.5 Å². The van der Waals surface area contributed by atoms with Crippen molar-refractivity contribution in [3.8, 4) is 11.5 Å². The van der Waals surface area contributed by atoms with Crippen molar-refractivity contribution in [2.24, 2.45) is 0 Å². The second-order valence-corrected chi connectivity index (χ2v) is 5.89. The third kappa shape index (κ3) is 5.07. The molecule has 2 N–H and O–H groups in total. The van der Waals surface area contributed by atoms with Gasteiger partial charge in [0.1, 0.15) is 0 Å². The molecular formula is C17H24N2O7. The summed E-state index contributed by atoms with van der Waals surface area (Å²) in [6, 6.07) is 5.23. The van der Waals surface area contributed by atoms with E-state index in [-0.39, 0.29) is 31.8 Å². The number of likely N-dealkylation sites (N-methyl/N-ethyl adjacent to an activating group) is 1. The van der Waals surface area contributed by atoms with E-state index < -0.39 is 0 Å². The summed E-state index contributed by atoms with van der Waals surface area (Å²) >= 11 is 0. The fourth-order valence-corrected chi connectivity index (χ4v) is 2.89. The van der Waals surface area contributed by atoms with Crippen molar-refractivity contribution in [2.75, 3.05) is 53.3 Å². The van der Waals surface area contributed by atoms with Crippen LogP contribution in [0.1, 0.15) is 10.4 Å². The van der Waals surface area contributed by atoms with E-state index in [9.17, 15) is 4.79 Å². The highest BCUT2D eigenvalue weighted by molar-refractivity contribution is 5.95. The number of benzene rings is 1. The minimum atomic E-state index is -0.250. The molecule has 1 amide bonds. The van der Waals surface area contributed by atoms with E-state index in [1.165, 1.54) is 0 Å². The number of rotatable bonds is 5. The van der Waals surface area contributed by atoms with E-state index in [1.807, 2.05) is 16.8 Å². The predicted molar refractivity (Wildman–Crippen MR) is 91.5 cm³/mol. The average molecular weight is 368 g/mol. The number of nitrogens with zero attached hydrogens (tertiary/aromatic N) is 2. The molecule has 1 unspecified atom stereocenters. The lowest BCUT2D eigenvalue weighted by Gasteiger charge is -2.37. The molecule has 26 heavy (non-hydrogen) atoms. The Balaban J connectivity index is 0.000000758. The number of carboxylic acid groups (broad SMARTS) is 1. The Morgan fingerprint density at radius 3 is 2.85 bits per heavy atom. The van der Waals surface area contributed by atoms with Crippen molar-refractivity contribution in [3.63, 3.8) is 0 Å². The van der Waals surface area contributed by atoms with Gasteiger partial charge in [0.25, 0.3) is 12.4 Å². The predicted octanol–water partition coefficient (Wildman–Crippen LogP) is -0.119. The van der Waals surface area contributed by atoms with Gasteiger partial charge in [-0.15, -0.1) is 0 Å². The molecule has 2 heterocycles. The number of morpholine rings is 1. The van der Waals surface area contributed by atoms with Gasteiger partial charge in [0.05, 0.1) is 25.9 Å². The number of ether oxygens (including phenoxy) is 3. The lowest BCUT2D eigenvalue weighted by atomic mass is 10.1. The van der Waals surface area contributed by atoms with E-state index in [4.69, 9.17) is 29.2 Å². The third-order valence-electron chi connectivity index (χ3n) is 4.11. The summed E-state index contributed by atoms with van der Waals surface area (Å²) in [7, 11) is 1.92. The minimum absolute atomic E-state index is 0.0294. The normalized spacial score (nSPS) is 18.3. The topological polar surface area (TPSA) is 109 Å². The van der Waals surface area contributed by atoms with Crippen molar-refractivity contribution >= 4 is 12.4 Å². The highest BCUT2D eigenvalue weighted by atomic mass is 16.7. The highest BCUT2D eigenvalue weighted by Gasteiger charge is 2.29. The van der Waals surface area contributed by atoms with Crippen LogP contribution in [0, 0.1) is 0 Å². The van der Waals surface area contributed by atoms with E-state index in [1.54, 1.807) is 18.2 Å². The van der Waals surface area contributed by atoms with Crippen LogP contribution in [0.25, 0.3) is 0 Å². The minimum Gasteiger partial charge on any atom is -0.483 e. The van der Waals surface area contributed by atoms with Crippen molar-refractivity contribution in [1.82, 2.24) is 9.80 Å². The van der Waals surface area contributed by atoms with Crippen LogP contribution in [-0.2, 0) is 9.53 Å². The van der Waals surface area contributed by atoms with Crippen molar-refractivity contribution < 1.29 is 34.0 Å². The first-order chi connectivity index (χ1) is 12.6. The van der Waals surface area contributed by atoms with Crippen LogP contribution in [0.2, 0.25) is 0 Å². The largest absolute Gasteiger partial charge is 0.483 e. The maximum Gasteiger partial charge on any atom is 0.290 e. The molecule has 1 fully saturated rings. The molecule has 1 atom stereocenters. The van der Waals surface area contributed by atoms with Gasteiger partial charge in [-0.2, -0.15) is 0 Å². The molecule has 2 aliphatic rings. The van der Waals surface area contributed by atoms with Crippen LogP contribution < -0.4 is 9.47 Å². The number of hydrogen-bond donors (Lipinski definition) is 2. The molecule has 0 spiro atoms. The molecule has 144 valence electrons. The molecule has 9 nitrogen and oxygen atoms in total. The fourth-order valence-electron chi connectivity index (χ4n) is 2.89. The van der Waals surface area contributed by atoms with Gasteiger partial charge < -0.3 is 34.2 Å². The van der Waals surface area contributed by atoms with E-state index >= 15 is 0 Å². The SMILES string of the molecule is CN(CCO)CC1COCCN1C(=O)c1ccc2c(c1)OCO2.O=CO. The number of amides is 1. The second kappa shape index (κ2) is 9.95. The van der Waals surface area contributed by atoms with Crippen LogP contribution in [0.15, 0.2) is 18.2 Å². The van der Waals surface area contributed by atoms with Crippen molar-refractivity contribution in [3.05, 3.63) is 23.8 Å². The fraction of sp³-hybridized carbons (Fsp3) is 0.529. The van der Waals surface area contributed by atoms with Crippen molar-refractivity contribution in [2.45, 2.75) is 6.04 Å². The zero-order valence-corrected chi connectivity index (χ0v) is 14.7. The third-order valence-corrected chi connectivity index (χ3v) is 4.11. The maximum absolute atomic E-state index is 12.9. The summed E-state index contributed by atoms with van der Waals surface area (Å²) in [6.45, 7) is 2.88. The summed E-state index contributed by atoms with van der Waals surface area (Å²) in [5.41, 5.74) is 0.589. The van der Waals surface area contributed by atoms with Crippen LogP contribution in [0.4, 0.5) is 0 Å². The van der Waals surface area contributed by atoms with Gasteiger partial charge in [-0.3, -0.25) is 9.59 Å². The zero-order valence-electron chi connectivity index (χ0n) is 14.7. The van der Waals surface area contributed by atoms with Gasteiger partial charge in [0.2, 0.25) is 6.79 Å². The molecular weight excluding hydrogens is 344 g/mol. The first kappa shape index (κ1) is 20.0.